The van der Waals surface area contributed by atoms with Gasteiger partial charge in [0.05, 0.1) is 23.1 Å². The molecule has 6 nitrogen and oxygen atoms in total. The zero-order valence-electron chi connectivity index (χ0n) is 13.8. The molecule has 1 atom stereocenters. The van der Waals surface area contributed by atoms with Gasteiger partial charge < -0.3 is 10.6 Å². The Balaban J connectivity index is 1.88. The molecule has 134 valence electrons. The number of carbonyl (C=O) groups is 2. The molecule has 1 heterocycles. The first-order valence-corrected chi connectivity index (χ1v) is 10.3. The van der Waals surface area contributed by atoms with Crippen LogP contribution in [0.3, 0.4) is 0 Å². The third-order valence-corrected chi connectivity index (χ3v) is 6.17. The average molecular weight is 380 g/mol. The summed E-state index contributed by atoms with van der Waals surface area (Å²) in [6.45, 7) is 1.41. The second-order valence-electron chi connectivity index (χ2n) is 5.45. The molecule has 0 saturated carbocycles. The van der Waals surface area contributed by atoms with E-state index in [9.17, 15) is 18.0 Å². The number of nitrogens with one attached hydrogen (secondary N) is 2. The Labute approximate surface area is 151 Å². The van der Waals surface area contributed by atoms with Crippen LogP contribution in [0.4, 0.5) is 0 Å². The molecule has 2 aromatic rings. The quantitative estimate of drug-likeness (QED) is 0.732. The Morgan fingerprint density at radius 2 is 1.84 bits per heavy atom. The maximum Gasteiger partial charge on any atom is 0.222 e. The topological polar surface area (TPSA) is 92.3 Å². The molecule has 0 saturated heterocycles. The highest BCUT2D eigenvalue weighted by molar-refractivity contribution is 7.91. The van der Waals surface area contributed by atoms with Crippen molar-refractivity contribution in [2.75, 3.05) is 12.3 Å². The van der Waals surface area contributed by atoms with E-state index in [4.69, 9.17) is 0 Å². The van der Waals surface area contributed by atoms with Gasteiger partial charge in [0, 0.05) is 18.3 Å². The van der Waals surface area contributed by atoms with E-state index in [-0.39, 0.29) is 35.4 Å². The lowest BCUT2D eigenvalue weighted by molar-refractivity contribution is -0.122. The molecule has 1 aromatic heterocycles. The van der Waals surface area contributed by atoms with Crippen molar-refractivity contribution in [2.45, 2.75) is 24.3 Å². The first kappa shape index (κ1) is 19.1. The highest BCUT2D eigenvalue weighted by Gasteiger charge is 2.19. The number of benzene rings is 1. The lowest BCUT2D eigenvalue weighted by Crippen LogP contribution is -2.34. The Kier molecular flexibility index (Phi) is 6.72. The van der Waals surface area contributed by atoms with Gasteiger partial charge in [0.15, 0.2) is 9.84 Å². The van der Waals surface area contributed by atoms with E-state index in [1.807, 2.05) is 17.5 Å². The van der Waals surface area contributed by atoms with Crippen LogP contribution in [0.1, 0.15) is 24.3 Å². The Morgan fingerprint density at radius 1 is 1.12 bits per heavy atom. The Morgan fingerprint density at radius 3 is 2.44 bits per heavy atom. The molecule has 0 aliphatic heterocycles. The smallest absolute Gasteiger partial charge is 0.222 e. The zero-order valence-corrected chi connectivity index (χ0v) is 15.4. The summed E-state index contributed by atoms with van der Waals surface area (Å²) in [5, 5.41) is 7.22. The fraction of sp³-hybridized carbons (Fsp3) is 0.294. The summed E-state index contributed by atoms with van der Waals surface area (Å²) in [4.78, 5) is 24.5. The summed E-state index contributed by atoms with van der Waals surface area (Å²) in [5.74, 6) is -0.708. The van der Waals surface area contributed by atoms with Gasteiger partial charge in [-0.2, -0.15) is 0 Å². The molecule has 2 rings (SSSR count). The molecule has 0 aliphatic carbocycles. The molecule has 1 aromatic carbocycles. The third-order valence-electron chi connectivity index (χ3n) is 3.45. The first-order chi connectivity index (χ1) is 11.9. The summed E-state index contributed by atoms with van der Waals surface area (Å²) < 4.78 is 24.3. The van der Waals surface area contributed by atoms with Crippen LogP contribution < -0.4 is 10.6 Å². The van der Waals surface area contributed by atoms with E-state index in [0.717, 1.165) is 4.88 Å². The van der Waals surface area contributed by atoms with Crippen LogP contribution in [-0.4, -0.2) is 32.5 Å². The summed E-state index contributed by atoms with van der Waals surface area (Å²) >= 11 is 1.45. The zero-order chi connectivity index (χ0) is 18.3. The molecule has 0 bridgehead atoms. The van der Waals surface area contributed by atoms with Gasteiger partial charge in [0.25, 0.3) is 0 Å². The van der Waals surface area contributed by atoms with E-state index in [2.05, 4.69) is 10.6 Å². The van der Waals surface area contributed by atoms with Gasteiger partial charge in [0.2, 0.25) is 11.8 Å². The summed E-state index contributed by atoms with van der Waals surface area (Å²) in [6.07, 6.45) is 0.0610. The number of carbonyl (C=O) groups excluding carboxylic acids is 2. The van der Waals surface area contributed by atoms with Crippen LogP contribution in [0, 0.1) is 0 Å². The van der Waals surface area contributed by atoms with Gasteiger partial charge in [0.1, 0.15) is 0 Å². The normalized spacial score (nSPS) is 12.4. The SMILES string of the molecule is CC(=O)NC(CC(=O)NCCS(=O)(=O)c1ccccc1)c1cccs1. The number of amides is 2. The fourth-order valence-electron chi connectivity index (χ4n) is 2.29. The molecule has 8 heteroatoms. The highest BCUT2D eigenvalue weighted by Crippen LogP contribution is 2.21. The molecular formula is C17H20N2O4S2. The van der Waals surface area contributed by atoms with Gasteiger partial charge >= 0.3 is 0 Å². The molecule has 25 heavy (non-hydrogen) atoms. The first-order valence-electron chi connectivity index (χ1n) is 7.73. The average Bonchev–Trinajstić information content (AvgIpc) is 3.09. The van der Waals surface area contributed by atoms with Crippen molar-refractivity contribution in [3.8, 4) is 0 Å². The fourth-order valence-corrected chi connectivity index (χ4v) is 4.24. The van der Waals surface area contributed by atoms with Crippen molar-refractivity contribution >= 4 is 33.0 Å². The van der Waals surface area contributed by atoms with Crippen molar-refractivity contribution in [3.05, 3.63) is 52.7 Å². The molecule has 0 radical (unpaired) electrons. The van der Waals surface area contributed by atoms with Crippen molar-refractivity contribution in [3.63, 3.8) is 0 Å². The monoisotopic (exact) mass is 380 g/mol. The summed E-state index contributed by atoms with van der Waals surface area (Å²) in [7, 11) is -3.43. The van der Waals surface area contributed by atoms with Gasteiger partial charge in [-0.25, -0.2) is 8.42 Å². The van der Waals surface area contributed by atoms with Crippen LogP contribution >= 0.6 is 11.3 Å². The minimum atomic E-state index is -3.43. The second kappa shape index (κ2) is 8.77. The number of hydrogen-bond acceptors (Lipinski definition) is 5. The minimum absolute atomic E-state index is 0.0211. The van der Waals surface area contributed by atoms with E-state index in [1.54, 1.807) is 18.2 Å². The van der Waals surface area contributed by atoms with Crippen LogP contribution in [0.25, 0.3) is 0 Å². The maximum atomic E-state index is 12.2. The van der Waals surface area contributed by atoms with Crippen LogP contribution in [0.5, 0.6) is 0 Å². The summed E-state index contributed by atoms with van der Waals surface area (Å²) in [5.41, 5.74) is 0. The predicted molar refractivity (Wildman–Crippen MR) is 97.0 cm³/mol. The third kappa shape index (κ3) is 5.99. The maximum absolute atomic E-state index is 12.2. The van der Waals surface area contributed by atoms with Crippen molar-refractivity contribution in [1.29, 1.82) is 0 Å². The Hall–Kier alpha value is -2.19. The number of thiophene rings is 1. The molecule has 2 N–H and O–H groups in total. The number of sulfone groups is 1. The minimum Gasteiger partial charge on any atom is -0.355 e. The standard InChI is InChI=1S/C17H20N2O4S2/c1-13(20)19-15(16-8-5-10-24-16)12-17(21)18-9-11-25(22,23)14-6-3-2-4-7-14/h2-8,10,15H,9,11-12H2,1H3,(H,18,21)(H,19,20). The van der Waals surface area contributed by atoms with Gasteiger partial charge in [-0.3, -0.25) is 9.59 Å². The summed E-state index contributed by atoms with van der Waals surface area (Å²) in [6, 6.07) is 11.4. The van der Waals surface area contributed by atoms with Crippen molar-refractivity contribution in [1.82, 2.24) is 10.6 Å². The molecular weight excluding hydrogens is 360 g/mol. The van der Waals surface area contributed by atoms with E-state index >= 15 is 0 Å². The molecule has 0 aliphatic rings. The lowest BCUT2D eigenvalue weighted by atomic mass is 10.1. The molecule has 1 unspecified atom stereocenters. The van der Waals surface area contributed by atoms with Crippen molar-refractivity contribution < 1.29 is 18.0 Å². The van der Waals surface area contributed by atoms with Gasteiger partial charge in [-0.1, -0.05) is 24.3 Å². The number of rotatable bonds is 8. The van der Waals surface area contributed by atoms with E-state index in [0.29, 0.717) is 0 Å². The largest absolute Gasteiger partial charge is 0.355 e. The molecule has 0 fully saturated rings. The van der Waals surface area contributed by atoms with Crippen LogP contribution in [0.2, 0.25) is 0 Å². The lowest BCUT2D eigenvalue weighted by Gasteiger charge is -2.16. The molecule has 0 spiro atoms. The second-order valence-corrected chi connectivity index (χ2v) is 8.54. The van der Waals surface area contributed by atoms with Gasteiger partial charge in [-0.15, -0.1) is 11.3 Å². The van der Waals surface area contributed by atoms with Crippen LogP contribution in [0.15, 0.2) is 52.7 Å². The number of hydrogen-bond donors (Lipinski definition) is 2. The van der Waals surface area contributed by atoms with Crippen LogP contribution in [-0.2, 0) is 19.4 Å². The highest BCUT2D eigenvalue weighted by atomic mass is 32.2. The van der Waals surface area contributed by atoms with E-state index in [1.165, 1.54) is 30.4 Å². The Bertz CT molecular complexity index is 802. The van der Waals surface area contributed by atoms with E-state index < -0.39 is 15.9 Å². The van der Waals surface area contributed by atoms with Gasteiger partial charge in [-0.05, 0) is 23.6 Å². The van der Waals surface area contributed by atoms with Crippen molar-refractivity contribution in [2.24, 2.45) is 0 Å². The predicted octanol–water partition coefficient (Wildman–Crippen LogP) is 1.91. The molecule has 2 amide bonds.